The molecule has 7 nitrogen and oxygen atoms in total. The van der Waals surface area contributed by atoms with Gasteiger partial charge in [-0.05, 0) is 25.0 Å². The highest BCUT2D eigenvalue weighted by Crippen LogP contribution is 2.29. The van der Waals surface area contributed by atoms with Crippen molar-refractivity contribution < 1.29 is 14.1 Å². The van der Waals surface area contributed by atoms with E-state index in [0.29, 0.717) is 18.3 Å². The zero-order chi connectivity index (χ0) is 19.5. The van der Waals surface area contributed by atoms with E-state index >= 15 is 0 Å². The van der Waals surface area contributed by atoms with Crippen LogP contribution >= 0.6 is 0 Å². The molecule has 7 heteroatoms. The molecule has 0 radical (unpaired) electrons. The second-order valence-corrected chi connectivity index (χ2v) is 7.79. The van der Waals surface area contributed by atoms with Crippen LogP contribution in [0.15, 0.2) is 28.8 Å². The molecule has 1 saturated heterocycles. The molecule has 2 amide bonds. The van der Waals surface area contributed by atoms with E-state index in [1.807, 2.05) is 24.3 Å². The second kappa shape index (κ2) is 8.12. The first-order chi connectivity index (χ1) is 13.6. The van der Waals surface area contributed by atoms with Gasteiger partial charge in [-0.3, -0.25) is 9.59 Å². The Labute approximate surface area is 164 Å². The van der Waals surface area contributed by atoms with E-state index in [0.717, 1.165) is 24.1 Å². The van der Waals surface area contributed by atoms with Crippen molar-refractivity contribution in [1.29, 1.82) is 0 Å². The number of aromatic nitrogens is 2. The Hall–Kier alpha value is -2.70. The molecule has 1 atom stereocenters. The summed E-state index contributed by atoms with van der Waals surface area (Å²) in [6.07, 6.45) is 7.18. The normalized spacial score (nSPS) is 21.0. The summed E-state index contributed by atoms with van der Waals surface area (Å²) >= 11 is 0. The largest absolute Gasteiger partial charge is 0.353 e. The molecular formula is C21H26N4O3. The molecule has 28 heavy (non-hydrogen) atoms. The lowest BCUT2D eigenvalue weighted by Gasteiger charge is -2.20. The van der Waals surface area contributed by atoms with Crippen molar-refractivity contribution in [2.24, 2.45) is 5.92 Å². The van der Waals surface area contributed by atoms with Crippen LogP contribution in [0.25, 0.3) is 11.4 Å². The Kier molecular flexibility index (Phi) is 5.41. The zero-order valence-corrected chi connectivity index (χ0v) is 16.2. The van der Waals surface area contributed by atoms with Gasteiger partial charge in [0.2, 0.25) is 23.5 Å². The first-order valence-corrected chi connectivity index (χ1v) is 10.1. The lowest BCUT2D eigenvalue weighted by Crippen LogP contribution is -2.39. The van der Waals surface area contributed by atoms with Crippen molar-refractivity contribution in [3.63, 3.8) is 0 Å². The maximum absolute atomic E-state index is 12.7. The molecule has 1 saturated carbocycles. The smallest absolute Gasteiger partial charge is 0.227 e. The summed E-state index contributed by atoms with van der Waals surface area (Å²) in [5, 5.41) is 7.12. The predicted octanol–water partition coefficient (Wildman–Crippen LogP) is 3.24. The van der Waals surface area contributed by atoms with Crippen molar-refractivity contribution in [2.45, 2.75) is 57.9 Å². The van der Waals surface area contributed by atoms with E-state index in [2.05, 4.69) is 15.5 Å². The Balaban J connectivity index is 1.44. The number of anilines is 1. The molecule has 1 unspecified atom stereocenters. The topological polar surface area (TPSA) is 88.3 Å². The van der Waals surface area contributed by atoms with Crippen LogP contribution in [0.4, 0.5) is 5.69 Å². The Morgan fingerprint density at radius 1 is 1.21 bits per heavy atom. The van der Waals surface area contributed by atoms with Gasteiger partial charge in [0.1, 0.15) is 0 Å². The summed E-state index contributed by atoms with van der Waals surface area (Å²) in [6.45, 7) is 2.15. The minimum Gasteiger partial charge on any atom is -0.353 e. The zero-order valence-electron chi connectivity index (χ0n) is 16.2. The molecule has 0 spiro atoms. The van der Waals surface area contributed by atoms with Crippen LogP contribution in [-0.2, 0) is 9.59 Å². The van der Waals surface area contributed by atoms with E-state index < -0.39 is 0 Å². The number of carbonyl (C=O) groups excluding carboxylic acids is 2. The molecule has 2 aromatic rings. The summed E-state index contributed by atoms with van der Waals surface area (Å²) in [6, 6.07) is 7.74. The Morgan fingerprint density at radius 2 is 2.00 bits per heavy atom. The van der Waals surface area contributed by atoms with Crippen LogP contribution in [0.3, 0.4) is 0 Å². The Bertz CT molecular complexity index is 855. The summed E-state index contributed by atoms with van der Waals surface area (Å²) in [5.41, 5.74) is 1.54. The number of aryl methyl sites for hydroxylation is 1. The summed E-state index contributed by atoms with van der Waals surface area (Å²) in [4.78, 5) is 31.2. The maximum atomic E-state index is 12.7. The fourth-order valence-electron chi connectivity index (χ4n) is 4.10. The second-order valence-electron chi connectivity index (χ2n) is 7.79. The average molecular weight is 382 g/mol. The average Bonchev–Trinajstić information content (AvgIpc) is 3.21. The molecule has 1 aliphatic carbocycles. The van der Waals surface area contributed by atoms with Crippen LogP contribution in [-0.4, -0.2) is 34.5 Å². The number of benzene rings is 1. The molecule has 148 valence electrons. The molecule has 2 aliphatic rings. The van der Waals surface area contributed by atoms with Crippen molar-refractivity contribution in [1.82, 2.24) is 15.5 Å². The highest BCUT2D eigenvalue weighted by molar-refractivity contribution is 6.00. The number of carbonyl (C=O) groups is 2. The van der Waals surface area contributed by atoms with Crippen LogP contribution in [0.1, 0.15) is 50.8 Å². The molecule has 2 heterocycles. The van der Waals surface area contributed by atoms with Crippen LogP contribution in [0, 0.1) is 12.8 Å². The molecule has 1 aromatic heterocycles. The van der Waals surface area contributed by atoms with Gasteiger partial charge >= 0.3 is 0 Å². The van der Waals surface area contributed by atoms with E-state index in [4.69, 9.17) is 4.52 Å². The van der Waals surface area contributed by atoms with E-state index in [9.17, 15) is 9.59 Å². The summed E-state index contributed by atoms with van der Waals surface area (Å²) < 4.78 is 5.04. The third-order valence-electron chi connectivity index (χ3n) is 5.64. The van der Waals surface area contributed by atoms with Gasteiger partial charge in [-0.25, -0.2) is 0 Å². The number of nitrogens with zero attached hydrogens (tertiary/aromatic N) is 3. The van der Waals surface area contributed by atoms with Crippen molar-refractivity contribution in [3.8, 4) is 11.4 Å². The standard InChI is InChI=1S/C21H26N4O3/c1-14-22-20(24-28-14)15-7-6-10-18(11-15)25-13-16(12-19(25)26)21(27)23-17-8-4-2-3-5-9-17/h6-7,10-11,16-17H,2-5,8-9,12-13H2,1H3,(H,23,27). The number of nitrogens with one attached hydrogen (secondary N) is 1. The third kappa shape index (κ3) is 4.08. The summed E-state index contributed by atoms with van der Waals surface area (Å²) in [5.74, 6) is 0.670. The SMILES string of the molecule is Cc1nc(-c2cccc(N3CC(C(=O)NC4CCCCCC4)CC3=O)c2)no1. The van der Waals surface area contributed by atoms with E-state index in [-0.39, 0.29) is 30.2 Å². The molecule has 4 rings (SSSR count). The maximum Gasteiger partial charge on any atom is 0.227 e. The monoisotopic (exact) mass is 382 g/mol. The van der Waals surface area contributed by atoms with Crippen LogP contribution in [0.2, 0.25) is 0 Å². The Morgan fingerprint density at radius 3 is 2.71 bits per heavy atom. The predicted molar refractivity (Wildman–Crippen MR) is 105 cm³/mol. The third-order valence-corrected chi connectivity index (χ3v) is 5.64. The van der Waals surface area contributed by atoms with Crippen molar-refractivity contribution >= 4 is 17.5 Å². The lowest BCUT2D eigenvalue weighted by atomic mass is 10.0. The van der Waals surface area contributed by atoms with E-state index in [1.54, 1.807) is 11.8 Å². The molecule has 1 aliphatic heterocycles. The fourth-order valence-corrected chi connectivity index (χ4v) is 4.10. The number of hydrogen-bond donors (Lipinski definition) is 1. The van der Waals surface area contributed by atoms with Crippen LogP contribution in [0.5, 0.6) is 0 Å². The first kappa shape index (κ1) is 18.7. The van der Waals surface area contributed by atoms with Gasteiger partial charge in [0, 0.05) is 37.2 Å². The minimum atomic E-state index is -0.299. The molecule has 1 aromatic carbocycles. The van der Waals surface area contributed by atoms with Gasteiger partial charge in [-0.15, -0.1) is 0 Å². The van der Waals surface area contributed by atoms with Gasteiger partial charge in [-0.2, -0.15) is 4.98 Å². The number of hydrogen-bond acceptors (Lipinski definition) is 5. The van der Waals surface area contributed by atoms with Gasteiger partial charge in [0.05, 0.1) is 5.92 Å². The molecule has 0 bridgehead atoms. The summed E-state index contributed by atoms with van der Waals surface area (Å²) in [7, 11) is 0. The van der Waals surface area contributed by atoms with Gasteiger partial charge in [0.15, 0.2) is 0 Å². The molecule has 2 fully saturated rings. The number of amides is 2. The highest BCUT2D eigenvalue weighted by Gasteiger charge is 2.36. The van der Waals surface area contributed by atoms with Crippen LogP contribution < -0.4 is 10.2 Å². The molecular weight excluding hydrogens is 356 g/mol. The lowest BCUT2D eigenvalue weighted by molar-refractivity contribution is -0.127. The minimum absolute atomic E-state index is 0.00713. The first-order valence-electron chi connectivity index (χ1n) is 10.1. The van der Waals surface area contributed by atoms with Crippen molar-refractivity contribution in [2.75, 3.05) is 11.4 Å². The quantitative estimate of drug-likeness (QED) is 0.820. The van der Waals surface area contributed by atoms with E-state index in [1.165, 1.54) is 25.7 Å². The van der Waals surface area contributed by atoms with Gasteiger partial charge in [0.25, 0.3) is 0 Å². The fraction of sp³-hybridized carbons (Fsp3) is 0.524. The highest BCUT2D eigenvalue weighted by atomic mass is 16.5. The van der Waals surface area contributed by atoms with Crippen molar-refractivity contribution in [3.05, 3.63) is 30.2 Å². The number of rotatable bonds is 4. The van der Waals surface area contributed by atoms with Gasteiger partial charge in [-0.1, -0.05) is 43.0 Å². The van der Waals surface area contributed by atoms with Gasteiger partial charge < -0.3 is 14.7 Å². The molecule has 1 N–H and O–H groups in total.